The van der Waals surface area contributed by atoms with Crippen LogP contribution in [0.2, 0.25) is 0 Å². The zero-order chi connectivity index (χ0) is 34.4. The first-order valence-corrected chi connectivity index (χ1v) is 16.3. The molecule has 1 aliphatic rings. The first kappa shape index (κ1) is 36.6. The fourth-order valence-corrected chi connectivity index (χ4v) is 5.35. The molecule has 46 heavy (non-hydrogen) atoms. The molecule has 3 atom stereocenters. The number of hydrogen-bond acceptors (Lipinski definition) is 6. The highest BCUT2D eigenvalue weighted by molar-refractivity contribution is 5.94. The van der Waals surface area contributed by atoms with Gasteiger partial charge in [-0.05, 0) is 103 Å². The molecule has 0 aliphatic heterocycles. The van der Waals surface area contributed by atoms with Crippen LogP contribution in [0.5, 0.6) is 0 Å². The minimum absolute atomic E-state index is 0.0698. The van der Waals surface area contributed by atoms with E-state index in [0.717, 1.165) is 29.5 Å². The smallest absolute Gasteiger partial charge is 0.408 e. The van der Waals surface area contributed by atoms with E-state index in [-0.39, 0.29) is 24.3 Å². The van der Waals surface area contributed by atoms with E-state index in [0.29, 0.717) is 12.0 Å². The van der Waals surface area contributed by atoms with Crippen LogP contribution in [-0.2, 0) is 30.3 Å². The second-order valence-corrected chi connectivity index (χ2v) is 14.8. The summed E-state index contributed by atoms with van der Waals surface area (Å²) in [6, 6.07) is 12.0. The number of carbonyl (C=O) groups excluding carboxylic acids is 4. The molecular formula is C37H53N3O6. The van der Waals surface area contributed by atoms with Crippen molar-refractivity contribution in [3.8, 4) is 0 Å². The number of alkyl carbamates (subject to hydrolysis) is 1. The van der Waals surface area contributed by atoms with Crippen LogP contribution < -0.4 is 10.6 Å². The Bertz CT molecular complexity index is 1370. The van der Waals surface area contributed by atoms with Crippen molar-refractivity contribution in [1.82, 2.24) is 15.5 Å². The second kappa shape index (κ2) is 15.1. The quantitative estimate of drug-likeness (QED) is 0.263. The largest absolute Gasteiger partial charge is 0.458 e. The summed E-state index contributed by atoms with van der Waals surface area (Å²) < 4.78 is 11.2. The van der Waals surface area contributed by atoms with Gasteiger partial charge in [0.1, 0.15) is 29.3 Å². The Labute approximate surface area is 274 Å². The fraction of sp³-hybridized carbons (Fsp3) is 0.568. The van der Waals surface area contributed by atoms with Gasteiger partial charge in [0.2, 0.25) is 11.8 Å². The third kappa shape index (κ3) is 10.9. The summed E-state index contributed by atoms with van der Waals surface area (Å²) in [7, 11) is 0. The van der Waals surface area contributed by atoms with E-state index < -0.39 is 47.3 Å². The van der Waals surface area contributed by atoms with Crippen molar-refractivity contribution in [2.24, 2.45) is 5.92 Å². The molecule has 9 nitrogen and oxygen atoms in total. The average Bonchev–Trinajstić information content (AvgIpc) is 3.76. The lowest BCUT2D eigenvalue weighted by molar-refractivity contribution is -0.159. The van der Waals surface area contributed by atoms with Gasteiger partial charge in [-0.2, -0.15) is 0 Å². The summed E-state index contributed by atoms with van der Waals surface area (Å²) in [6.07, 6.45) is 1.33. The lowest BCUT2D eigenvalue weighted by atomic mass is 9.93. The van der Waals surface area contributed by atoms with Gasteiger partial charge in [-0.25, -0.2) is 9.59 Å². The molecule has 2 aromatic carbocycles. The third-order valence-electron chi connectivity index (χ3n) is 7.65. The molecule has 1 fully saturated rings. The molecule has 252 valence electrons. The van der Waals surface area contributed by atoms with Crippen molar-refractivity contribution in [2.75, 3.05) is 0 Å². The molecule has 3 amide bonds. The Morgan fingerprint density at radius 1 is 0.826 bits per heavy atom. The average molecular weight is 636 g/mol. The van der Waals surface area contributed by atoms with Crippen molar-refractivity contribution >= 4 is 23.9 Å². The Kier molecular flexibility index (Phi) is 12.0. The number of aryl methyl sites for hydroxylation is 1. The molecule has 2 aromatic rings. The monoisotopic (exact) mass is 635 g/mol. The summed E-state index contributed by atoms with van der Waals surface area (Å²) >= 11 is 0. The summed E-state index contributed by atoms with van der Waals surface area (Å²) in [5.41, 5.74) is 1.85. The minimum Gasteiger partial charge on any atom is -0.458 e. The van der Waals surface area contributed by atoms with Gasteiger partial charge in [0.25, 0.3) is 0 Å². The number of carbonyl (C=O) groups is 4. The Morgan fingerprint density at radius 3 is 1.98 bits per heavy atom. The van der Waals surface area contributed by atoms with Crippen LogP contribution in [0.1, 0.15) is 103 Å². The minimum atomic E-state index is -1.05. The maximum atomic E-state index is 14.6. The van der Waals surface area contributed by atoms with Crippen molar-refractivity contribution in [3.63, 3.8) is 0 Å². The van der Waals surface area contributed by atoms with Crippen molar-refractivity contribution in [3.05, 3.63) is 70.8 Å². The lowest BCUT2D eigenvalue weighted by Gasteiger charge is -2.36. The van der Waals surface area contributed by atoms with Gasteiger partial charge in [-0.15, -0.1) is 0 Å². The van der Waals surface area contributed by atoms with Gasteiger partial charge < -0.3 is 25.0 Å². The van der Waals surface area contributed by atoms with Crippen LogP contribution in [0, 0.1) is 19.8 Å². The van der Waals surface area contributed by atoms with Crippen molar-refractivity contribution in [2.45, 2.75) is 130 Å². The molecule has 2 N–H and O–H groups in total. The van der Waals surface area contributed by atoms with Crippen LogP contribution in [0.25, 0.3) is 0 Å². The second-order valence-electron chi connectivity index (χ2n) is 14.8. The molecule has 0 bridgehead atoms. The van der Waals surface area contributed by atoms with E-state index >= 15 is 0 Å². The predicted molar refractivity (Wildman–Crippen MR) is 179 cm³/mol. The number of ether oxygens (including phenoxy) is 2. The molecular weight excluding hydrogens is 582 g/mol. The normalized spacial score (nSPS) is 15.4. The molecule has 0 radical (unpaired) electrons. The SMILES string of the molecule is Cc1cccc(C(C(=O)NC(Cc2ccccc2)C(=O)OC(C)(C)C)N(C(=O)C(CC(C)C)NC(=O)OC(C)(C)C)C2CC2)c1C. The van der Waals surface area contributed by atoms with Gasteiger partial charge in [0.15, 0.2) is 0 Å². The topological polar surface area (TPSA) is 114 Å². The van der Waals surface area contributed by atoms with Gasteiger partial charge in [-0.1, -0.05) is 62.4 Å². The van der Waals surface area contributed by atoms with E-state index in [1.54, 1.807) is 46.4 Å². The predicted octanol–water partition coefficient (Wildman–Crippen LogP) is 6.34. The van der Waals surface area contributed by atoms with E-state index in [9.17, 15) is 19.2 Å². The number of hydrogen-bond donors (Lipinski definition) is 2. The maximum absolute atomic E-state index is 14.6. The molecule has 9 heteroatoms. The summed E-state index contributed by atoms with van der Waals surface area (Å²) in [4.78, 5) is 57.2. The van der Waals surface area contributed by atoms with Crippen LogP contribution in [0.4, 0.5) is 4.79 Å². The van der Waals surface area contributed by atoms with Gasteiger partial charge >= 0.3 is 12.1 Å². The third-order valence-corrected chi connectivity index (χ3v) is 7.65. The highest BCUT2D eigenvalue weighted by Gasteiger charge is 2.45. The van der Waals surface area contributed by atoms with Crippen LogP contribution in [0.3, 0.4) is 0 Å². The van der Waals surface area contributed by atoms with Crippen LogP contribution in [-0.4, -0.2) is 58.1 Å². The van der Waals surface area contributed by atoms with E-state index in [1.165, 1.54) is 0 Å². The first-order chi connectivity index (χ1) is 21.4. The Hall–Kier alpha value is -3.88. The summed E-state index contributed by atoms with van der Waals surface area (Å²) in [5.74, 6) is -1.33. The maximum Gasteiger partial charge on any atom is 0.408 e. The number of nitrogens with one attached hydrogen (secondary N) is 2. The van der Waals surface area contributed by atoms with Gasteiger partial charge in [0.05, 0.1) is 0 Å². The Balaban J connectivity index is 2.07. The zero-order valence-corrected chi connectivity index (χ0v) is 29.2. The number of amides is 3. The standard InChI is InChI=1S/C37H53N3O6/c1-23(2)21-29(39-35(44)46-37(8,9)10)33(42)40(27-19-20-27)31(28-18-14-15-24(3)25(28)4)32(41)38-30(34(43)45-36(5,6)7)22-26-16-12-11-13-17-26/h11-18,23,27,29-31H,19-22H2,1-10H3,(H,38,41)(H,39,44). The molecule has 1 saturated carbocycles. The molecule has 0 spiro atoms. The number of esters is 1. The molecule has 3 rings (SSSR count). The number of benzene rings is 2. The van der Waals surface area contributed by atoms with E-state index in [2.05, 4.69) is 10.6 Å². The van der Waals surface area contributed by atoms with E-state index in [1.807, 2.05) is 76.2 Å². The fourth-order valence-electron chi connectivity index (χ4n) is 5.35. The van der Waals surface area contributed by atoms with Gasteiger partial charge in [0, 0.05) is 12.5 Å². The summed E-state index contributed by atoms with van der Waals surface area (Å²) in [5, 5.41) is 5.78. The van der Waals surface area contributed by atoms with Crippen LogP contribution in [0.15, 0.2) is 48.5 Å². The number of rotatable bonds is 12. The summed E-state index contributed by atoms with van der Waals surface area (Å²) in [6.45, 7) is 18.5. The molecule has 1 aliphatic carbocycles. The van der Waals surface area contributed by atoms with Gasteiger partial charge in [-0.3, -0.25) is 9.59 Å². The number of nitrogens with zero attached hydrogens (tertiary/aromatic N) is 1. The van der Waals surface area contributed by atoms with E-state index in [4.69, 9.17) is 9.47 Å². The van der Waals surface area contributed by atoms with Crippen LogP contribution >= 0.6 is 0 Å². The van der Waals surface area contributed by atoms with Crippen molar-refractivity contribution < 1.29 is 28.7 Å². The molecule has 0 aromatic heterocycles. The first-order valence-electron chi connectivity index (χ1n) is 16.3. The molecule has 0 heterocycles. The molecule has 3 unspecified atom stereocenters. The lowest BCUT2D eigenvalue weighted by Crippen LogP contribution is -2.56. The highest BCUT2D eigenvalue weighted by atomic mass is 16.6. The zero-order valence-electron chi connectivity index (χ0n) is 29.2. The van der Waals surface area contributed by atoms with Crippen molar-refractivity contribution in [1.29, 1.82) is 0 Å². The molecule has 0 saturated heterocycles. The Morgan fingerprint density at radius 2 is 1.43 bits per heavy atom. The highest BCUT2D eigenvalue weighted by Crippen LogP contribution is 2.37.